The monoisotopic (exact) mass is 392 g/mol. The lowest BCUT2D eigenvalue weighted by atomic mass is 10.2. The van der Waals surface area contributed by atoms with Crippen LogP contribution in [0.3, 0.4) is 0 Å². The zero-order valence-corrected chi connectivity index (χ0v) is 16.3. The third-order valence-corrected chi connectivity index (χ3v) is 4.39. The van der Waals surface area contributed by atoms with Crippen molar-refractivity contribution in [3.05, 3.63) is 46.9 Å². The molecule has 0 fully saturated rings. The molecule has 1 heterocycles. The fourth-order valence-electron chi connectivity index (χ4n) is 2.15. The Kier molecular flexibility index (Phi) is 7.55. The van der Waals surface area contributed by atoms with Gasteiger partial charge in [0.2, 0.25) is 5.95 Å². The van der Waals surface area contributed by atoms with Gasteiger partial charge < -0.3 is 26.1 Å². The lowest BCUT2D eigenvalue weighted by molar-refractivity contribution is 0.410. The Hall–Kier alpha value is -2.45. The van der Waals surface area contributed by atoms with Gasteiger partial charge in [-0.1, -0.05) is 11.6 Å². The Bertz CT molecular complexity index is 799. The van der Waals surface area contributed by atoms with Crippen molar-refractivity contribution in [2.24, 2.45) is 0 Å². The van der Waals surface area contributed by atoms with E-state index in [0.717, 1.165) is 16.2 Å². The van der Waals surface area contributed by atoms with E-state index >= 15 is 0 Å². The second-order valence-electron chi connectivity index (χ2n) is 5.08. The van der Waals surface area contributed by atoms with Crippen LogP contribution in [0.25, 0.3) is 0 Å². The van der Waals surface area contributed by atoms with Gasteiger partial charge in [0.25, 0.3) is 0 Å². The highest BCUT2D eigenvalue weighted by atomic mass is 35.5. The number of halogens is 1. The lowest BCUT2D eigenvalue weighted by Crippen LogP contribution is -2.10. The molecule has 7 nitrogen and oxygen atoms in total. The van der Waals surface area contributed by atoms with Crippen LogP contribution in [0.5, 0.6) is 5.75 Å². The van der Waals surface area contributed by atoms with Crippen molar-refractivity contribution >= 4 is 41.3 Å². The van der Waals surface area contributed by atoms with Gasteiger partial charge in [-0.05, 0) is 24.5 Å². The summed E-state index contributed by atoms with van der Waals surface area (Å²) in [5.74, 6) is 1.63. The number of nitrogens with one attached hydrogen (secondary N) is 4. The summed E-state index contributed by atoms with van der Waals surface area (Å²) in [5, 5.41) is 16.8. The number of hydrogen-bond donors (Lipinski definition) is 4. The Morgan fingerprint density at radius 3 is 2.88 bits per heavy atom. The van der Waals surface area contributed by atoms with E-state index in [4.69, 9.17) is 21.7 Å². The second kappa shape index (κ2) is 9.88. The number of ether oxygens (including phenoxy) is 1. The smallest absolute Gasteiger partial charge is 0.229 e. The minimum absolute atomic E-state index is 0.340. The van der Waals surface area contributed by atoms with Crippen LogP contribution in [0.15, 0.2) is 41.2 Å². The Labute approximate surface area is 162 Å². The van der Waals surface area contributed by atoms with Gasteiger partial charge in [0.15, 0.2) is 5.82 Å². The summed E-state index contributed by atoms with van der Waals surface area (Å²) in [6.45, 7) is 0.498. The van der Waals surface area contributed by atoms with E-state index in [1.165, 1.54) is 12.4 Å². The molecule has 0 aliphatic carbocycles. The molecular weight excluding hydrogens is 372 g/mol. The van der Waals surface area contributed by atoms with Crippen LogP contribution in [0.1, 0.15) is 5.56 Å². The van der Waals surface area contributed by atoms with Crippen LogP contribution in [0.4, 0.5) is 11.8 Å². The van der Waals surface area contributed by atoms with Crippen LogP contribution >= 0.6 is 23.4 Å². The van der Waals surface area contributed by atoms with E-state index in [1.54, 1.807) is 32.1 Å². The predicted octanol–water partition coefficient (Wildman–Crippen LogP) is 3.59. The van der Waals surface area contributed by atoms with Gasteiger partial charge in [-0.15, -0.1) is 11.8 Å². The summed E-state index contributed by atoms with van der Waals surface area (Å²) in [7, 11) is 3.39. The average Bonchev–Trinajstić information content (AvgIpc) is 2.67. The SMILES string of the molecule is CN/C=C(\C=N)Nc1ncc(Cl)c(NCc2cc(SC)ccc2OC)n1. The highest BCUT2D eigenvalue weighted by molar-refractivity contribution is 7.98. The van der Waals surface area contributed by atoms with E-state index in [2.05, 4.69) is 32.0 Å². The summed E-state index contributed by atoms with van der Waals surface area (Å²) in [5.41, 5.74) is 1.52. The third kappa shape index (κ3) is 5.27. The molecule has 2 aromatic rings. The first kappa shape index (κ1) is 19.9. The molecule has 1 aromatic carbocycles. The predicted molar refractivity (Wildman–Crippen MR) is 109 cm³/mol. The fraction of sp³-hybridized carbons (Fsp3) is 0.235. The minimum Gasteiger partial charge on any atom is -0.496 e. The maximum Gasteiger partial charge on any atom is 0.229 e. The van der Waals surface area contributed by atoms with Crippen molar-refractivity contribution in [1.82, 2.24) is 15.3 Å². The summed E-state index contributed by atoms with van der Waals surface area (Å²) < 4.78 is 5.41. The molecule has 1 aromatic heterocycles. The molecule has 0 atom stereocenters. The first-order valence-electron chi connectivity index (χ1n) is 7.73. The maximum atomic E-state index is 7.38. The number of hydrogen-bond acceptors (Lipinski definition) is 8. The van der Waals surface area contributed by atoms with E-state index in [-0.39, 0.29) is 0 Å². The summed E-state index contributed by atoms with van der Waals surface area (Å²) >= 11 is 7.87. The molecule has 0 bridgehead atoms. The van der Waals surface area contributed by atoms with Crippen molar-refractivity contribution in [3.63, 3.8) is 0 Å². The summed E-state index contributed by atoms with van der Waals surface area (Å²) in [6.07, 6.45) is 6.34. The van der Waals surface area contributed by atoms with E-state index in [1.807, 2.05) is 18.4 Å². The average molecular weight is 393 g/mol. The van der Waals surface area contributed by atoms with Gasteiger partial charge in [0.1, 0.15) is 10.8 Å². The van der Waals surface area contributed by atoms with Crippen molar-refractivity contribution in [3.8, 4) is 5.75 Å². The topological polar surface area (TPSA) is 95.0 Å². The van der Waals surface area contributed by atoms with Crippen LogP contribution in [-0.2, 0) is 6.54 Å². The number of nitrogens with zero attached hydrogens (tertiary/aromatic N) is 2. The Balaban J connectivity index is 2.18. The fourth-order valence-corrected chi connectivity index (χ4v) is 2.77. The Morgan fingerprint density at radius 1 is 1.42 bits per heavy atom. The quantitative estimate of drug-likeness (QED) is 0.382. The van der Waals surface area contributed by atoms with Crippen molar-refractivity contribution in [1.29, 1.82) is 5.41 Å². The van der Waals surface area contributed by atoms with Crippen LogP contribution in [-0.4, -0.2) is 36.6 Å². The van der Waals surface area contributed by atoms with Crippen molar-refractivity contribution in [2.75, 3.05) is 31.0 Å². The van der Waals surface area contributed by atoms with Gasteiger partial charge in [-0.2, -0.15) is 4.98 Å². The van der Waals surface area contributed by atoms with Crippen molar-refractivity contribution in [2.45, 2.75) is 11.4 Å². The molecule has 0 amide bonds. The van der Waals surface area contributed by atoms with Crippen LogP contribution in [0.2, 0.25) is 5.02 Å². The molecule has 0 saturated carbocycles. The zero-order chi connectivity index (χ0) is 18.9. The van der Waals surface area contributed by atoms with Crippen LogP contribution in [0, 0.1) is 5.41 Å². The van der Waals surface area contributed by atoms with Crippen molar-refractivity contribution < 1.29 is 4.74 Å². The molecule has 0 unspecified atom stereocenters. The molecule has 0 aliphatic heterocycles. The standard InChI is InChI=1S/C17H21ClN6OS/c1-20-9-12(7-19)23-17-22-10-14(18)16(24-17)21-8-11-6-13(26-3)4-5-15(11)25-2/h4-7,9-10,19-20H,8H2,1-3H3,(H2,21,22,23,24)/b12-9+,19-7?. The number of benzene rings is 1. The molecule has 138 valence electrons. The number of rotatable bonds is 9. The normalized spacial score (nSPS) is 11.0. The molecule has 26 heavy (non-hydrogen) atoms. The molecule has 4 N–H and O–H groups in total. The number of aromatic nitrogens is 2. The number of anilines is 2. The number of allylic oxidation sites excluding steroid dienone is 1. The molecule has 9 heteroatoms. The zero-order valence-electron chi connectivity index (χ0n) is 14.8. The molecule has 2 rings (SSSR count). The second-order valence-corrected chi connectivity index (χ2v) is 6.37. The molecule has 0 saturated heterocycles. The highest BCUT2D eigenvalue weighted by Gasteiger charge is 2.09. The number of methoxy groups -OCH3 is 1. The minimum atomic E-state index is 0.340. The lowest BCUT2D eigenvalue weighted by Gasteiger charge is -2.13. The molecule has 0 radical (unpaired) electrons. The Morgan fingerprint density at radius 2 is 2.23 bits per heavy atom. The van der Waals surface area contributed by atoms with Crippen LogP contribution < -0.4 is 20.7 Å². The van der Waals surface area contributed by atoms with E-state index < -0.39 is 0 Å². The third-order valence-electron chi connectivity index (χ3n) is 3.39. The van der Waals surface area contributed by atoms with E-state index in [9.17, 15) is 0 Å². The first-order chi connectivity index (χ1) is 12.6. The maximum absolute atomic E-state index is 7.38. The number of thioether (sulfide) groups is 1. The highest BCUT2D eigenvalue weighted by Crippen LogP contribution is 2.27. The van der Waals surface area contributed by atoms with Gasteiger partial charge >= 0.3 is 0 Å². The van der Waals surface area contributed by atoms with Gasteiger partial charge in [0.05, 0.1) is 19.0 Å². The van der Waals surface area contributed by atoms with Gasteiger partial charge in [-0.25, -0.2) is 4.98 Å². The first-order valence-corrected chi connectivity index (χ1v) is 9.33. The van der Waals surface area contributed by atoms with Gasteiger partial charge in [0, 0.05) is 36.5 Å². The summed E-state index contributed by atoms with van der Waals surface area (Å²) in [4.78, 5) is 9.65. The van der Waals surface area contributed by atoms with E-state index in [0.29, 0.717) is 29.0 Å². The van der Waals surface area contributed by atoms with Gasteiger partial charge in [-0.3, -0.25) is 0 Å². The molecular formula is C17H21ClN6OS. The molecule has 0 aliphatic rings. The molecule has 0 spiro atoms. The largest absolute Gasteiger partial charge is 0.496 e. The summed E-state index contributed by atoms with van der Waals surface area (Å²) in [6, 6.07) is 6.02.